The molecule has 0 atom stereocenters. The number of hydrogen-bond donors (Lipinski definition) is 3. The largest absolute Gasteiger partial charge is 0.416 e. The lowest BCUT2D eigenvalue weighted by Crippen LogP contribution is -2.08. The third-order valence-corrected chi connectivity index (χ3v) is 3.14. The van der Waals surface area contributed by atoms with Crippen LogP contribution in [0, 0.1) is 0 Å². The highest BCUT2D eigenvalue weighted by molar-refractivity contribution is 5.88. The average molecular weight is 323 g/mol. The van der Waals surface area contributed by atoms with Crippen molar-refractivity contribution in [3.63, 3.8) is 0 Å². The third-order valence-electron chi connectivity index (χ3n) is 3.14. The molecule has 0 aliphatic carbocycles. The van der Waals surface area contributed by atoms with Crippen molar-refractivity contribution in [2.45, 2.75) is 19.6 Å². The van der Waals surface area contributed by atoms with E-state index in [1.54, 1.807) is 24.3 Å². The summed E-state index contributed by atoms with van der Waals surface area (Å²) in [5, 5.41) is 5.64. The van der Waals surface area contributed by atoms with Crippen LogP contribution >= 0.6 is 0 Å². The smallest absolute Gasteiger partial charge is 0.397 e. The Morgan fingerprint density at radius 1 is 1.13 bits per heavy atom. The molecule has 0 heterocycles. The summed E-state index contributed by atoms with van der Waals surface area (Å²) in [5.74, 6) is -0.159. The number of halogens is 3. The Labute approximate surface area is 131 Å². The van der Waals surface area contributed by atoms with E-state index in [0.717, 1.165) is 17.7 Å². The zero-order chi connectivity index (χ0) is 17.0. The second-order valence-electron chi connectivity index (χ2n) is 5.03. The van der Waals surface area contributed by atoms with Crippen LogP contribution in [0.15, 0.2) is 42.5 Å². The standard InChI is InChI=1S/C16H16F3N3O/c1-10(23)22-13-5-2-11(3-6-13)9-21-15-7-4-12(8-14(15)20)16(17,18)19/h2-8,21H,9,20H2,1H3,(H,22,23). The Balaban J connectivity index is 2.02. The van der Waals surface area contributed by atoms with Gasteiger partial charge in [-0.25, -0.2) is 0 Å². The average Bonchev–Trinajstić information content (AvgIpc) is 2.46. The summed E-state index contributed by atoms with van der Waals surface area (Å²) < 4.78 is 37.7. The van der Waals surface area contributed by atoms with Gasteiger partial charge in [0.25, 0.3) is 0 Å². The number of carbonyl (C=O) groups excluding carboxylic acids is 1. The fraction of sp³-hybridized carbons (Fsp3) is 0.188. The van der Waals surface area contributed by atoms with Crippen molar-refractivity contribution in [2.75, 3.05) is 16.4 Å². The topological polar surface area (TPSA) is 67.2 Å². The molecular formula is C16H16F3N3O. The minimum atomic E-state index is -4.41. The molecule has 2 rings (SSSR count). The van der Waals surface area contributed by atoms with E-state index in [0.29, 0.717) is 17.9 Å². The van der Waals surface area contributed by atoms with E-state index in [1.807, 2.05) is 0 Å². The Morgan fingerprint density at radius 3 is 2.30 bits per heavy atom. The Kier molecular flexibility index (Phi) is 4.78. The van der Waals surface area contributed by atoms with Crippen LogP contribution in [-0.2, 0) is 17.5 Å². The van der Waals surface area contributed by atoms with Gasteiger partial charge in [-0.15, -0.1) is 0 Å². The molecule has 1 amide bonds. The molecule has 2 aromatic rings. The van der Waals surface area contributed by atoms with Crippen LogP contribution in [0.2, 0.25) is 0 Å². The molecule has 0 bridgehead atoms. The molecular weight excluding hydrogens is 307 g/mol. The quantitative estimate of drug-likeness (QED) is 0.749. The first-order chi connectivity index (χ1) is 10.8. The number of nitrogens with one attached hydrogen (secondary N) is 2. The van der Waals surface area contributed by atoms with Crippen molar-refractivity contribution >= 4 is 23.0 Å². The van der Waals surface area contributed by atoms with Gasteiger partial charge in [-0.1, -0.05) is 12.1 Å². The first kappa shape index (κ1) is 16.7. The van der Waals surface area contributed by atoms with Crippen molar-refractivity contribution in [2.24, 2.45) is 0 Å². The van der Waals surface area contributed by atoms with Crippen LogP contribution in [0.5, 0.6) is 0 Å². The van der Waals surface area contributed by atoms with E-state index in [9.17, 15) is 18.0 Å². The molecule has 122 valence electrons. The molecule has 0 radical (unpaired) electrons. The SMILES string of the molecule is CC(=O)Nc1ccc(CNc2ccc(C(F)(F)F)cc2N)cc1. The van der Waals surface area contributed by atoms with Crippen molar-refractivity contribution in [3.8, 4) is 0 Å². The van der Waals surface area contributed by atoms with E-state index >= 15 is 0 Å². The van der Waals surface area contributed by atoms with Crippen molar-refractivity contribution in [1.82, 2.24) is 0 Å². The van der Waals surface area contributed by atoms with Crippen LogP contribution in [0.25, 0.3) is 0 Å². The normalized spacial score (nSPS) is 11.1. The Bertz CT molecular complexity index is 697. The van der Waals surface area contributed by atoms with Gasteiger partial charge in [0, 0.05) is 19.2 Å². The lowest BCUT2D eigenvalue weighted by Gasteiger charge is -2.13. The fourth-order valence-electron chi connectivity index (χ4n) is 2.01. The molecule has 0 aliphatic rings. The van der Waals surface area contributed by atoms with Gasteiger partial charge in [-0.05, 0) is 35.9 Å². The maximum Gasteiger partial charge on any atom is 0.416 e. The summed E-state index contributed by atoms with van der Waals surface area (Å²) in [4.78, 5) is 10.9. The minimum absolute atomic E-state index is 0.0368. The van der Waals surface area contributed by atoms with Gasteiger partial charge in [-0.2, -0.15) is 13.2 Å². The number of nitrogen functional groups attached to an aromatic ring is 1. The number of amides is 1. The number of rotatable bonds is 4. The number of hydrogen-bond acceptors (Lipinski definition) is 3. The number of benzene rings is 2. The molecule has 0 aliphatic heterocycles. The predicted molar refractivity (Wildman–Crippen MR) is 83.9 cm³/mol. The van der Waals surface area contributed by atoms with Gasteiger partial charge < -0.3 is 16.4 Å². The highest BCUT2D eigenvalue weighted by atomic mass is 19.4. The van der Waals surface area contributed by atoms with Gasteiger partial charge in [-0.3, -0.25) is 4.79 Å². The van der Waals surface area contributed by atoms with E-state index in [-0.39, 0.29) is 11.6 Å². The van der Waals surface area contributed by atoms with Crippen molar-refractivity contribution in [1.29, 1.82) is 0 Å². The van der Waals surface area contributed by atoms with Crippen LogP contribution in [-0.4, -0.2) is 5.91 Å². The van der Waals surface area contributed by atoms with Gasteiger partial charge >= 0.3 is 6.18 Å². The molecule has 0 saturated heterocycles. The summed E-state index contributed by atoms with van der Waals surface area (Å²) in [6, 6.07) is 10.3. The fourth-order valence-corrected chi connectivity index (χ4v) is 2.01. The summed E-state index contributed by atoms with van der Waals surface area (Å²) in [5.41, 5.74) is 6.92. The van der Waals surface area contributed by atoms with E-state index < -0.39 is 11.7 Å². The number of alkyl halides is 3. The second-order valence-corrected chi connectivity index (χ2v) is 5.03. The molecule has 0 unspecified atom stereocenters. The molecule has 4 N–H and O–H groups in total. The van der Waals surface area contributed by atoms with Gasteiger partial charge in [0.15, 0.2) is 0 Å². The van der Waals surface area contributed by atoms with Crippen LogP contribution in [0.3, 0.4) is 0 Å². The van der Waals surface area contributed by atoms with E-state index in [2.05, 4.69) is 10.6 Å². The monoisotopic (exact) mass is 323 g/mol. The molecule has 2 aromatic carbocycles. The van der Waals surface area contributed by atoms with Gasteiger partial charge in [0.2, 0.25) is 5.91 Å². The van der Waals surface area contributed by atoms with Crippen LogP contribution in [0.1, 0.15) is 18.1 Å². The zero-order valence-electron chi connectivity index (χ0n) is 12.4. The summed E-state index contributed by atoms with van der Waals surface area (Å²) >= 11 is 0. The molecule has 23 heavy (non-hydrogen) atoms. The lowest BCUT2D eigenvalue weighted by atomic mass is 10.1. The number of anilines is 3. The van der Waals surface area contributed by atoms with Crippen LogP contribution in [0.4, 0.5) is 30.2 Å². The first-order valence-electron chi connectivity index (χ1n) is 6.83. The first-order valence-corrected chi connectivity index (χ1v) is 6.83. The second kappa shape index (κ2) is 6.60. The highest BCUT2D eigenvalue weighted by Crippen LogP contribution is 2.32. The summed E-state index contributed by atoms with van der Waals surface area (Å²) in [6.45, 7) is 1.82. The van der Waals surface area contributed by atoms with Crippen molar-refractivity contribution in [3.05, 3.63) is 53.6 Å². The molecule has 0 fully saturated rings. The Hall–Kier alpha value is -2.70. The van der Waals surface area contributed by atoms with Crippen LogP contribution < -0.4 is 16.4 Å². The number of nitrogens with two attached hydrogens (primary N) is 1. The molecule has 4 nitrogen and oxygen atoms in total. The molecule has 0 saturated carbocycles. The van der Waals surface area contributed by atoms with E-state index in [1.165, 1.54) is 13.0 Å². The molecule has 0 aromatic heterocycles. The Morgan fingerprint density at radius 2 is 1.78 bits per heavy atom. The zero-order valence-corrected chi connectivity index (χ0v) is 12.4. The summed E-state index contributed by atoms with van der Waals surface area (Å²) in [7, 11) is 0. The van der Waals surface area contributed by atoms with E-state index in [4.69, 9.17) is 5.73 Å². The minimum Gasteiger partial charge on any atom is -0.397 e. The van der Waals surface area contributed by atoms with Gasteiger partial charge in [0.1, 0.15) is 0 Å². The maximum absolute atomic E-state index is 12.6. The predicted octanol–water partition coefficient (Wildman–Crippen LogP) is 3.86. The maximum atomic E-state index is 12.6. The molecule has 0 spiro atoms. The van der Waals surface area contributed by atoms with Crippen molar-refractivity contribution < 1.29 is 18.0 Å². The van der Waals surface area contributed by atoms with Gasteiger partial charge in [0.05, 0.1) is 16.9 Å². The summed E-state index contributed by atoms with van der Waals surface area (Å²) in [6.07, 6.45) is -4.41. The number of carbonyl (C=O) groups is 1. The third kappa shape index (κ3) is 4.64. The lowest BCUT2D eigenvalue weighted by molar-refractivity contribution is -0.137. The molecule has 7 heteroatoms. The highest BCUT2D eigenvalue weighted by Gasteiger charge is 2.30.